The first-order valence-corrected chi connectivity index (χ1v) is 7.01. The highest BCUT2D eigenvalue weighted by Crippen LogP contribution is 2.52. The van der Waals surface area contributed by atoms with Crippen molar-refractivity contribution in [1.29, 1.82) is 0 Å². The van der Waals surface area contributed by atoms with Crippen molar-refractivity contribution in [3.63, 3.8) is 0 Å². The van der Waals surface area contributed by atoms with Gasteiger partial charge in [-0.25, -0.2) is 0 Å². The number of nitro groups is 1. The molecule has 0 spiro atoms. The van der Waals surface area contributed by atoms with Crippen LogP contribution < -0.4 is 0 Å². The molecule has 1 fully saturated rings. The average molecular weight is 281 g/mol. The van der Waals surface area contributed by atoms with Crippen LogP contribution in [0.4, 0.5) is 5.69 Å². The van der Waals surface area contributed by atoms with Gasteiger partial charge in [-0.1, -0.05) is 12.1 Å². The number of hydrogen-bond donors (Lipinski definition) is 1. The zero-order valence-corrected chi connectivity index (χ0v) is 11.4. The predicted octanol–water partition coefficient (Wildman–Crippen LogP) is 3.25. The first-order valence-electron chi connectivity index (χ1n) is 6.02. The summed E-state index contributed by atoms with van der Waals surface area (Å²) in [5, 5.41) is 19.9. The van der Waals surface area contributed by atoms with Crippen LogP contribution in [0.1, 0.15) is 24.8 Å². The Labute approximate surface area is 115 Å². The molecule has 2 rings (SSSR count). The van der Waals surface area contributed by atoms with Gasteiger partial charge in [0, 0.05) is 11.8 Å². The van der Waals surface area contributed by atoms with E-state index in [1.165, 1.54) is 17.8 Å². The third-order valence-corrected chi connectivity index (χ3v) is 4.97. The molecule has 1 aromatic carbocycles. The highest BCUT2D eigenvalue weighted by Gasteiger charge is 2.44. The Morgan fingerprint density at radius 1 is 1.53 bits per heavy atom. The molecule has 0 atom stereocenters. The second-order valence-corrected chi connectivity index (χ2v) is 6.03. The molecule has 19 heavy (non-hydrogen) atoms. The van der Waals surface area contributed by atoms with Crippen LogP contribution in [0.5, 0.6) is 0 Å². The summed E-state index contributed by atoms with van der Waals surface area (Å²) in [7, 11) is 0. The van der Waals surface area contributed by atoms with Gasteiger partial charge in [0.15, 0.2) is 0 Å². The summed E-state index contributed by atoms with van der Waals surface area (Å²) in [6.45, 7) is 1.84. The number of aryl methyl sites for hydroxylation is 1. The van der Waals surface area contributed by atoms with E-state index in [4.69, 9.17) is 5.11 Å². The molecule has 0 bridgehead atoms. The highest BCUT2D eigenvalue weighted by molar-refractivity contribution is 7.99. The molecule has 0 aromatic heterocycles. The number of thioether (sulfide) groups is 1. The molecule has 0 unspecified atom stereocenters. The van der Waals surface area contributed by atoms with Gasteiger partial charge in [-0.15, -0.1) is 11.8 Å². The minimum absolute atomic E-state index is 0.108. The maximum absolute atomic E-state index is 11.0. The van der Waals surface area contributed by atoms with Crippen LogP contribution in [0, 0.1) is 22.5 Å². The largest absolute Gasteiger partial charge is 0.481 e. The SMILES string of the molecule is Cc1cccc([N+](=O)[O-])c1SCC1(CC(=O)O)CC1. The summed E-state index contributed by atoms with van der Waals surface area (Å²) in [5.74, 6) is -0.164. The van der Waals surface area contributed by atoms with Crippen LogP contribution in [0.3, 0.4) is 0 Å². The van der Waals surface area contributed by atoms with Gasteiger partial charge in [0.1, 0.15) is 0 Å². The van der Waals surface area contributed by atoms with E-state index in [2.05, 4.69) is 0 Å². The van der Waals surface area contributed by atoms with E-state index in [-0.39, 0.29) is 22.4 Å². The number of aliphatic carboxylic acids is 1. The van der Waals surface area contributed by atoms with E-state index in [1.54, 1.807) is 6.07 Å². The van der Waals surface area contributed by atoms with Crippen LogP contribution in [0.25, 0.3) is 0 Å². The molecular weight excluding hydrogens is 266 g/mol. The topological polar surface area (TPSA) is 80.4 Å². The smallest absolute Gasteiger partial charge is 0.303 e. The second-order valence-electron chi connectivity index (χ2n) is 5.04. The van der Waals surface area contributed by atoms with Crippen molar-refractivity contribution in [3.05, 3.63) is 33.9 Å². The first-order chi connectivity index (χ1) is 8.93. The lowest BCUT2D eigenvalue weighted by Gasteiger charge is -2.13. The van der Waals surface area contributed by atoms with Gasteiger partial charge in [-0.2, -0.15) is 0 Å². The van der Waals surface area contributed by atoms with Crippen molar-refractivity contribution in [1.82, 2.24) is 0 Å². The normalized spacial score (nSPS) is 16.1. The quantitative estimate of drug-likeness (QED) is 0.492. The van der Waals surface area contributed by atoms with Gasteiger partial charge in [0.2, 0.25) is 0 Å². The summed E-state index contributed by atoms with van der Waals surface area (Å²) in [6.07, 6.45) is 1.94. The van der Waals surface area contributed by atoms with Crippen molar-refractivity contribution in [2.45, 2.75) is 31.1 Å². The van der Waals surface area contributed by atoms with Gasteiger partial charge in [0.25, 0.3) is 5.69 Å². The van der Waals surface area contributed by atoms with Crippen LogP contribution in [0.2, 0.25) is 0 Å². The zero-order chi connectivity index (χ0) is 14.0. The van der Waals surface area contributed by atoms with E-state index in [1.807, 2.05) is 13.0 Å². The molecule has 1 saturated carbocycles. The number of nitrogens with zero attached hydrogens (tertiary/aromatic N) is 1. The zero-order valence-electron chi connectivity index (χ0n) is 10.6. The van der Waals surface area contributed by atoms with Crippen molar-refractivity contribution in [3.8, 4) is 0 Å². The standard InChI is InChI=1S/C13H15NO4S/c1-9-3-2-4-10(14(17)18)12(9)19-8-13(5-6-13)7-11(15)16/h2-4H,5-8H2,1H3,(H,15,16). The van der Waals surface area contributed by atoms with Crippen molar-refractivity contribution in [2.75, 3.05) is 5.75 Å². The van der Waals surface area contributed by atoms with Gasteiger partial charge in [-0.05, 0) is 30.7 Å². The summed E-state index contributed by atoms with van der Waals surface area (Å²) in [6, 6.07) is 5.00. The molecule has 0 amide bonds. The van der Waals surface area contributed by atoms with E-state index in [9.17, 15) is 14.9 Å². The van der Waals surface area contributed by atoms with E-state index < -0.39 is 5.97 Å². The number of carboxylic acids is 1. The van der Waals surface area contributed by atoms with Gasteiger partial charge in [0.05, 0.1) is 16.2 Å². The molecule has 0 radical (unpaired) electrons. The third-order valence-electron chi connectivity index (χ3n) is 3.39. The molecule has 1 N–H and O–H groups in total. The number of carbonyl (C=O) groups is 1. The third kappa shape index (κ3) is 3.26. The van der Waals surface area contributed by atoms with Crippen LogP contribution in [-0.4, -0.2) is 21.8 Å². The Morgan fingerprint density at radius 2 is 2.21 bits per heavy atom. The molecule has 0 aliphatic heterocycles. The molecule has 6 heteroatoms. The minimum atomic E-state index is -0.794. The average Bonchev–Trinajstić information content (AvgIpc) is 3.06. The number of hydrogen-bond acceptors (Lipinski definition) is 4. The Bertz CT molecular complexity index is 525. The molecule has 102 valence electrons. The van der Waals surface area contributed by atoms with Gasteiger partial charge < -0.3 is 5.11 Å². The Kier molecular flexibility index (Phi) is 3.80. The highest BCUT2D eigenvalue weighted by atomic mass is 32.2. The maximum Gasteiger partial charge on any atom is 0.303 e. The van der Waals surface area contributed by atoms with E-state index in [0.717, 1.165) is 18.4 Å². The summed E-state index contributed by atoms with van der Waals surface area (Å²) in [4.78, 5) is 22.1. The summed E-state index contributed by atoms with van der Waals surface area (Å²) in [5.41, 5.74) is 0.813. The fourth-order valence-electron chi connectivity index (χ4n) is 2.06. The van der Waals surface area contributed by atoms with Crippen molar-refractivity contribution < 1.29 is 14.8 Å². The first kappa shape index (κ1) is 13.9. The maximum atomic E-state index is 11.0. The van der Waals surface area contributed by atoms with Crippen LogP contribution in [0.15, 0.2) is 23.1 Å². The monoisotopic (exact) mass is 281 g/mol. The fraction of sp³-hybridized carbons (Fsp3) is 0.462. The fourth-order valence-corrected chi connectivity index (χ4v) is 3.49. The van der Waals surface area contributed by atoms with Crippen molar-refractivity contribution >= 4 is 23.4 Å². The Balaban J connectivity index is 2.12. The lowest BCUT2D eigenvalue weighted by molar-refractivity contribution is -0.387. The van der Waals surface area contributed by atoms with Crippen LogP contribution in [-0.2, 0) is 4.79 Å². The molecule has 0 saturated heterocycles. The second kappa shape index (κ2) is 5.21. The van der Waals surface area contributed by atoms with Crippen molar-refractivity contribution in [2.24, 2.45) is 5.41 Å². The number of nitro benzene ring substituents is 1. The Hall–Kier alpha value is -1.56. The number of benzene rings is 1. The molecule has 1 aromatic rings. The lowest BCUT2D eigenvalue weighted by Crippen LogP contribution is -2.11. The minimum Gasteiger partial charge on any atom is -0.481 e. The van der Waals surface area contributed by atoms with Gasteiger partial charge >= 0.3 is 5.97 Å². The van der Waals surface area contributed by atoms with Crippen LogP contribution >= 0.6 is 11.8 Å². The van der Waals surface area contributed by atoms with E-state index >= 15 is 0 Å². The predicted molar refractivity (Wildman–Crippen MR) is 72.5 cm³/mol. The number of rotatable bonds is 6. The van der Waals surface area contributed by atoms with E-state index in [0.29, 0.717) is 10.6 Å². The van der Waals surface area contributed by atoms with Gasteiger partial charge in [-0.3, -0.25) is 14.9 Å². The number of carboxylic acid groups (broad SMARTS) is 1. The molecule has 1 aliphatic rings. The Morgan fingerprint density at radius 3 is 2.74 bits per heavy atom. The summed E-state index contributed by atoms with van der Waals surface area (Å²) < 4.78 is 0. The molecular formula is C13H15NO4S. The lowest BCUT2D eigenvalue weighted by atomic mass is 10.1. The molecule has 5 nitrogen and oxygen atoms in total. The molecule has 1 aliphatic carbocycles. The summed E-state index contributed by atoms with van der Waals surface area (Å²) >= 11 is 1.41. The molecule has 0 heterocycles.